The highest BCUT2D eigenvalue weighted by molar-refractivity contribution is 6.31. The zero-order valence-corrected chi connectivity index (χ0v) is 15.2. The molecule has 3 nitrogen and oxygen atoms in total. The van der Waals surface area contributed by atoms with Crippen LogP contribution in [-0.2, 0) is 11.2 Å². The predicted molar refractivity (Wildman–Crippen MR) is 105 cm³/mol. The maximum Gasteiger partial charge on any atom is 0.225 e. The lowest BCUT2D eigenvalue weighted by Crippen LogP contribution is -2.30. The Morgan fingerprint density at radius 1 is 0.923 bits per heavy atom. The van der Waals surface area contributed by atoms with Crippen LogP contribution in [0.15, 0.2) is 78.9 Å². The van der Waals surface area contributed by atoms with Gasteiger partial charge in [0.05, 0.1) is 19.6 Å². The van der Waals surface area contributed by atoms with Crippen LogP contribution < -0.4 is 10.1 Å². The fourth-order valence-corrected chi connectivity index (χ4v) is 3.03. The van der Waals surface area contributed by atoms with E-state index in [2.05, 4.69) is 5.32 Å². The monoisotopic (exact) mass is 365 g/mol. The summed E-state index contributed by atoms with van der Waals surface area (Å²) < 4.78 is 5.23. The summed E-state index contributed by atoms with van der Waals surface area (Å²) in [6.07, 6.45) is 0.235. The molecular formula is C22H20ClNO2. The zero-order valence-electron chi connectivity index (χ0n) is 14.5. The standard InChI is InChI=1S/C22H20ClNO2/c1-26-19-13-11-17(12-14-19)22(16-7-3-2-4-8-16)24-21(25)15-18-9-5-6-10-20(18)23/h2-14,22H,15H2,1H3,(H,24,25). The van der Waals surface area contributed by atoms with Crippen LogP contribution in [0.2, 0.25) is 5.02 Å². The normalized spacial score (nSPS) is 11.6. The first kappa shape index (κ1) is 18.0. The van der Waals surface area contributed by atoms with E-state index in [1.165, 1.54) is 0 Å². The van der Waals surface area contributed by atoms with E-state index in [0.717, 1.165) is 22.4 Å². The summed E-state index contributed by atoms with van der Waals surface area (Å²) in [5, 5.41) is 3.72. The second-order valence-corrected chi connectivity index (χ2v) is 6.36. The number of benzene rings is 3. The van der Waals surface area contributed by atoms with Gasteiger partial charge in [-0.2, -0.15) is 0 Å². The van der Waals surface area contributed by atoms with Gasteiger partial charge in [-0.1, -0.05) is 72.3 Å². The number of ether oxygens (including phenoxy) is 1. The Hall–Kier alpha value is -2.78. The van der Waals surface area contributed by atoms with Gasteiger partial charge < -0.3 is 10.1 Å². The molecule has 0 radical (unpaired) electrons. The lowest BCUT2D eigenvalue weighted by Gasteiger charge is -2.20. The summed E-state index contributed by atoms with van der Waals surface area (Å²) in [6.45, 7) is 0. The fourth-order valence-electron chi connectivity index (χ4n) is 2.83. The molecule has 26 heavy (non-hydrogen) atoms. The third-order valence-corrected chi connectivity index (χ3v) is 4.56. The number of hydrogen-bond acceptors (Lipinski definition) is 2. The van der Waals surface area contributed by atoms with Crippen molar-refractivity contribution < 1.29 is 9.53 Å². The van der Waals surface area contributed by atoms with E-state index in [-0.39, 0.29) is 18.4 Å². The molecule has 0 fully saturated rings. The molecule has 1 unspecified atom stereocenters. The molecule has 3 rings (SSSR count). The molecule has 3 aromatic rings. The lowest BCUT2D eigenvalue weighted by atomic mass is 9.98. The number of nitrogens with one attached hydrogen (secondary N) is 1. The second kappa shape index (κ2) is 8.54. The van der Waals surface area contributed by atoms with Crippen LogP contribution in [0.25, 0.3) is 0 Å². The van der Waals surface area contributed by atoms with E-state index >= 15 is 0 Å². The van der Waals surface area contributed by atoms with Crippen molar-refractivity contribution in [3.05, 3.63) is 101 Å². The van der Waals surface area contributed by atoms with E-state index in [0.29, 0.717) is 5.02 Å². The van der Waals surface area contributed by atoms with Crippen molar-refractivity contribution in [1.29, 1.82) is 0 Å². The van der Waals surface area contributed by atoms with Crippen molar-refractivity contribution in [1.82, 2.24) is 5.32 Å². The Balaban J connectivity index is 1.83. The van der Waals surface area contributed by atoms with E-state index in [9.17, 15) is 4.79 Å². The van der Waals surface area contributed by atoms with Crippen molar-refractivity contribution in [2.45, 2.75) is 12.5 Å². The van der Waals surface area contributed by atoms with E-state index < -0.39 is 0 Å². The second-order valence-electron chi connectivity index (χ2n) is 5.95. The van der Waals surface area contributed by atoms with Crippen molar-refractivity contribution in [3.8, 4) is 5.75 Å². The number of carbonyl (C=O) groups excluding carboxylic acids is 1. The number of halogens is 1. The van der Waals surface area contributed by atoms with Crippen LogP contribution in [0.5, 0.6) is 5.75 Å². The first-order chi connectivity index (χ1) is 12.7. The third kappa shape index (κ3) is 4.44. The highest BCUT2D eigenvalue weighted by Crippen LogP contribution is 2.24. The van der Waals surface area contributed by atoms with Crippen LogP contribution in [0.4, 0.5) is 0 Å². The molecule has 132 valence electrons. The molecular weight excluding hydrogens is 346 g/mol. The Morgan fingerprint density at radius 3 is 2.19 bits per heavy atom. The number of carbonyl (C=O) groups is 1. The van der Waals surface area contributed by atoms with Crippen LogP contribution >= 0.6 is 11.6 Å². The quantitative estimate of drug-likeness (QED) is 0.681. The van der Waals surface area contributed by atoms with Gasteiger partial charge in [0, 0.05) is 5.02 Å². The minimum atomic E-state index is -0.239. The molecule has 4 heteroatoms. The van der Waals surface area contributed by atoms with Gasteiger partial charge in [0.25, 0.3) is 0 Å². The van der Waals surface area contributed by atoms with Gasteiger partial charge in [-0.25, -0.2) is 0 Å². The number of methoxy groups -OCH3 is 1. The number of rotatable bonds is 6. The van der Waals surface area contributed by atoms with Gasteiger partial charge in [-0.05, 0) is 34.9 Å². The Morgan fingerprint density at radius 2 is 1.54 bits per heavy atom. The molecule has 0 saturated carbocycles. The maximum absolute atomic E-state index is 12.7. The molecule has 3 aromatic carbocycles. The van der Waals surface area contributed by atoms with Gasteiger partial charge in [0.1, 0.15) is 5.75 Å². The first-order valence-electron chi connectivity index (χ1n) is 8.39. The highest BCUT2D eigenvalue weighted by Gasteiger charge is 2.17. The average Bonchev–Trinajstić information content (AvgIpc) is 2.69. The summed E-state index contributed by atoms with van der Waals surface area (Å²) in [5.74, 6) is 0.700. The molecule has 0 heterocycles. The summed E-state index contributed by atoms with van der Waals surface area (Å²) in [7, 11) is 1.63. The molecule has 1 atom stereocenters. The number of hydrogen-bond donors (Lipinski definition) is 1. The summed E-state index contributed by atoms with van der Waals surface area (Å²) in [4.78, 5) is 12.7. The smallest absolute Gasteiger partial charge is 0.225 e. The van der Waals surface area contributed by atoms with Gasteiger partial charge in [-0.15, -0.1) is 0 Å². The van der Waals surface area contributed by atoms with Crippen molar-refractivity contribution >= 4 is 17.5 Å². The molecule has 0 aromatic heterocycles. The van der Waals surface area contributed by atoms with E-state index in [1.807, 2.05) is 72.8 Å². The van der Waals surface area contributed by atoms with Crippen LogP contribution in [0.3, 0.4) is 0 Å². The van der Waals surface area contributed by atoms with Gasteiger partial charge in [-0.3, -0.25) is 4.79 Å². The SMILES string of the molecule is COc1ccc(C(NC(=O)Cc2ccccc2Cl)c2ccccc2)cc1. The average molecular weight is 366 g/mol. The van der Waals surface area contributed by atoms with Crippen LogP contribution in [-0.4, -0.2) is 13.0 Å². The van der Waals surface area contributed by atoms with Gasteiger partial charge in [0.15, 0.2) is 0 Å². The molecule has 1 amide bonds. The minimum Gasteiger partial charge on any atom is -0.497 e. The Bertz CT molecular complexity index is 863. The zero-order chi connectivity index (χ0) is 18.4. The van der Waals surface area contributed by atoms with E-state index in [4.69, 9.17) is 16.3 Å². The fraction of sp³-hybridized carbons (Fsp3) is 0.136. The molecule has 0 bridgehead atoms. The van der Waals surface area contributed by atoms with Crippen molar-refractivity contribution in [3.63, 3.8) is 0 Å². The van der Waals surface area contributed by atoms with E-state index in [1.54, 1.807) is 13.2 Å². The topological polar surface area (TPSA) is 38.3 Å². The minimum absolute atomic E-state index is 0.0808. The Labute approximate surface area is 158 Å². The molecule has 0 aliphatic heterocycles. The van der Waals surface area contributed by atoms with Gasteiger partial charge in [0.2, 0.25) is 5.91 Å². The maximum atomic E-state index is 12.7. The van der Waals surface area contributed by atoms with Gasteiger partial charge >= 0.3 is 0 Å². The summed E-state index contributed by atoms with van der Waals surface area (Å²) >= 11 is 6.18. The Kier molecular flexibility index (Phi) is 5.92. The number of amides is 1. The summed E-state index contributed by atoms with van der Waals surface area (Å²) in [6, 6.07) is 24.8. The predicted octanol–water partition coefficient (Wildman–Crippen LogP) is 4.80. The lowest BCUT2D eigenvalue weighted by molar-refractivity contribution is -0.120. The molecule has 0 aliphatic rings. The largest absolute Gasteiger partial charge is 0.497 e. The highest BCUT2D eigenvalue weighted by atomic mass is 35.5. The molecule has 0 spiro atoms. The summed E-state index contributed by atoms with van der Waals surface area (Å²) in [5.41, 5.74) is 2.82. The van der Waals surface area contributed by atoms with Crippen molar-refractivity contribution in [2.75, 3.05) is 7.11 Å². The van der Waals surface area contributed by atoms with Crippen LogP contribution in [0, 0.1) is 0 Å². The molecule has 1 N–H and O–H groups in total. The van der Waals surface area contributed by atoms with Crippen molar-refractivity contribution in [2.24, 2.45) is 0 Å². The van der Waals surface area contributed by atoms with Crippen LogP contribution in [0.1, 0.15) is 22.7 Å². The molecule has 0 aliphatic carbocycles. The molecule has 0 saturated heterocycles. The first-order valence-corrected chi connectivity index (χ1v) is 8.77. The third-order valence-electron chi connectivity index (χ3n) is 4.20.